The summed E-state index contributed by atoms with van der Waals surface area (Å²) in [5.41, 5.74) is 2.20. The van der Waals surface area contributed by atoms with E-state index in [0.29, 0.717) is 0 Å². The Balaban J connectivity index is 1.71. The smallest absolute Gasteiger partial charge is 0.412 e. The number of halogens is 1. The highest BCUT2D eigenvalue weighted by Gasteiger charge is 2.48. The van der Waals surface area contributed by atoms with E-state index >= 15 is 0 Å². The van der Waals surface area contributed by atoms with E-state index in [4.69, 9.17) is 4.74 Å². The summed E-state index contributed by atoms with van der Waals surface area (Å²) >= 11 is 3.53. The summed E-state index contributed by atoms with van der Waals surface area (Å²) in [5, 5.41) is 2.80. The number of aryl methyl sites for hydroxylation is 1. The van der Waals surface area contributed by atoms with Crippen LogP contribution in [0, 0.1) is 9.81 Å². The third-order valence-electron chi connectivity index (χ3n) is 3.34. The largest absolute Gasteiger partial charge is 0.438 e. The number of carbonyl (C=O) groups is 1. The number of nitrogens with one attached hydrogen (secondary N) is 1. The number of aromatic nitrogens is 1. The molecule has 1 fully saturated rings. The van der Waals surface area contributed by atoms with Crippen molar-refractivity contribution in [2.75, 3.05) is 5.32 Å². The molecule has 0 unspecified atom stereocenters. The molecule has 1 amide bonds. The van der Waals surface area contributed by atoms with Gasteiger partial charge in [-0.05, 0) is 59.5 Å². The molecule has 4 nitrogen and oxygen atoms in total. The molecule has 1 aromatic carbocycles. The highest BCUT2D eigenvalue weighted by Crippen LogP contribution is 2.49. The van der Waals surface area contributed by atoms with Crippen molar-refractivity contribution in [3.05, 3.63) is 44.5 Å². The number of rotatable bonds is 3. The minimum Gasteiger partial charge on any atom is -0.438 e. The Morgan fingerprint density at radius 2 is 2.10 bits per heavy atom. The monoisotopic (exact) mass is 400 g/mol. The van der Waals surface area contributed by atoms with E-state index < -0.39 is 11.7 Å². The maximum Gasteiger partial charge on any atom is 0.412 e. The molecule has 1 aliphatic carbocycles. The van der Waals surface area contributed by atoms with E-state index in [0.717, 1.165) is 32.7 Å². The first kappa shape index (κ1) is 13.8. The fourth-order valence-corrected chi connectivity index (χ4v) is 3.51. The third kappa shape index (κ3) is 2.67. The summed E-state index contributed by atoms with van der Waals surface area (Å²) in [6, 6.07) is 9.89. The molecular weight excluding hydrogens is 387 g/mol. The molecule has 0 radical (unpaired) electrons. The molecule has 2 aromatic rings. The molecule has 0 bridgehead atoms. The molecule has 0 aliphatic heterocycles. The van der Waals surface area contributed by atoms with Crippen LogP contribution in [0.1, 0.15) is 24.1 Å². The van der Waals surface area contributed by atoms with Crippen molar-refractivity contribution in [3.8, 4) is 0 Å². The van der Waals surface area contributed by atoms with Crippen LogP contribution in [0.15, 0.2) is 30.3 Å². The first-order valence-electron chi connectivity index (χ1n) is 6.28. The van der Waals surface area contributed by atoms with Gasteiger partial charge in [0, 0.05) is 0 Å². The molecule has 6 heteroatoms. The lowest BCUT2D eigenvalue weighted by atomic mass is 10.1. The van der Waals surface area contributed by atoms with Crippen LogP contribution in [-0.2, 0) is 10.3 Å². The van der Waals surface area contributed by atoms with Crippen molar-refractivity contribution in [1.29, 1.82) is 0 Å². The van der Waals surface area contributed by atoms with E-state index in [2.05, 4.69) is 32.3 Å². The number of benzene rings is 1. The zero-order valence-corrected chi connectivity index (χ0v) is 13.8. The van der Waals surface area contributed by atoms with Gasteiger partial charge in [-0.25, -0.2) is 4.79 Å². The summed E-state index contributed by atoms with van der Waals surface area (Å²) in [5.74, 6) is 0. The SMILES string of the molecule is Cc1nsc(I)c1NC(=O)OC1(c2ccccc2)CC1. The zero-order valence-electron chi connectivity index (χ0n) is 10.9. The van der Waals surface area contributed by atoms with Gasteiger partial charge in [-0.15, -0.1) is 0 Å². The van der Waals surface area contributed by atoms with Crippen LogP contribution in [0.4, 0.5) is 10.5 Å². The van der Waals surface area contributed by atoms with E-state index in [1.165, 1.54) is 11.5 Å². The van der Waals surface area contributed by atoms with Gasteiger partial charge >= 0.3 is 6.09 Å². The molecule has 0 saturated heterocycles. The van der Waals surface area contributed by atoms with Crippen LogP contribution in [0.2, 0.25) is 0 Å². The lowest BCUT2D eigenvalue weighted by Crippen LogP contribution is -2.22. The molecule has 1 saturated carbocycles. The van der Waals surface area contributed by atoms with Crippen LogP contribution in [0.3, 0.4) is 0 Å². The van der Waals surface area contributed by atoms with Crippen LogP contribution in [0.25, 0.3) is 0 Å². The lowest BCUT2D eigenvalue weighted by molar-refractivity contribution is 0.0941. The fourth-order valence-electron chi connectivity index (χ4n) is 2.09. The molecule has 0 atom stereocenters. The molecule has 3 rings (SSSR count). The topological polar surface area (TPSA) is 51.2 Å². The molecule has 0 spiro atoms. The van der Waals surface area contributed by atoms with Gasteiger partial charge < -0.3 is 4.74 Å². The lowest BCUT2D eigenvalue weighted by Gasteiger charge is -2.17. The molecule has 104 valence electrons. The van der Waals surface area contributed by atoms with Crippen molar-refractivity contribution in [1.82, 2.24) is 4.37 Å². The Morgan fingerprint density at radius 3 is 2.65 bits per heavy atom. The predicted octanol–water partition coefficient (Wildman–Crippen LogP) is 4.29. The summed E-state index contributed by atoms with van der Waals surface area (Å²) in [7, 11) is 0. The first-order chi connectivity index (χ1) is 9.61. The third-order valence-corrected chi connectivity index (χ3v) is 5.20. The van der Waals surface area contributed by atoms with Crippen LogP contribution < -0.4 is 5.32 Å². The van der Waals surface area contributed by atoms with Crippen molar-refractivity contribution >= 4 is 45.9 Å². The van der Waals surface area contributed by atoms with Crippen LogP contribution in [-0.4, -0.2) is 10.5 Å². The van der Waals surface area contributed by atoms with E-state index in [1.807, 2.05) is 37.3 Å². The summed E-state index contributed by atoms with van der Waals surface area (Å²) in [4.78, 5) is 12.1. The summed E-state index contributed by atoms with van der Waals surface area (Å²) in [6.45, 7) is 1.87. The molecular formula is C14H13IN2O2S. The second kappa shape index (κ2) is 5.33. The van der Waals surface area contributed by atoms with E-state index in [-0.39, 0.29) is 0 Å². The quantitative estimate of drug-likeness (QED) is 0.782. The van der Waals surface area contributed by atoms with Crippen LogP contribution >= 0.6 is 34.1 Å². The Labute approximate surface area is 134 Å². The van der Waals surface area contributed by atoms with Gasteiger partial charge in [0.2, 0.25) is 0 Å². The number of amides is 1. The van der Waals surface area contributed by atoms with Crippen molar-refractivity contribution in [3.63, 3.8) is 0 Å². The van der Waals surface area contributed by atoms with Gasteiger partial charge in [0.15, 0.2) is 0 Å². The Morgan fingerprint density at radius 1 is 1.40 bits per heavy atom. The first-order valence-corrected chi connectivity index (χ1v) is 8.13. The van der Waals surface area contributed by atoms with Gasteiger partial charge in [0.05, 0.1) is 11.4 Å². The number of anilines is 1. The summed E-state index contributed by atoms with van der Waals surface area (Å²) < 4.78 is 10.8. The Bertz CT molecular complexity index is 618. The number of nitrogens with zero attached hydrogens (tertiary/aromatic N) is 1. The van der Waals surface area contributed by atoms with Crippen molar-refractivity contribution < 1.29 is 9.53 Å². The van der Waals surface area contributed by atoms with Crippen LogP contribution in [0.5, 0.6) is 0 Å². The average Bonchev–Trinajstić information content (AvgIpc) is 3.17. The van der Waals surface area contributed by atoms with E-state index in [1.54, 1.807) is 0 Å². The Hall–Kier alpha value is -1.15. The molecule has 20 heavy (non-hydrogen) atoms. The summed E-state index contributed by atoms with van der Waals surface area (Å²) in [6.07, 6.45) is 1.35. The molecule has 1 heterocycles. The molecule has 1 aromatic heterocycles. The van der Waals surface area contributed by atoms with E-state index in [9.17, 15) is 4.79 Å². The minimum atomic E-state index is -0.436. The van der Waals surface area contributed by atoms with Gasteiger partial charge in [-0.2, -0.15) is 4.37 Å². The average molecular weight is 400 g/mol. The number of hydrogen-bond donors (Lipinski definition) is 1. The molecule has 1 aliphatic rings. The highest BCUT2D eigenvalue weighted by atomic mass is 127. The van der Waals surface area contributed by atoms with Gasteiger partial charge in [0.25, 0.3) is 0 Å². The second-order valence-corrected chi connectivity index (χ2v) is 7.38. The van der Waals surface area contributed by atoms with Gasteiger partial charge in [-0.3, -0.25) is 5.32 Å². The van der Waals surface area contributed by atoms with Crippen molar-refractivity contribution in [2.45, 2.75) is 25.4 Å². The minimum absolute atomic E-state index is 0.410. The number of carbonyl (C=O) groups excluding carboxylic acids is 1. The second-order valence-electron chi connectivity index (χ2n) is 4.79. The zero-order chi connectivity index (χ0) is 14.2. The highest BCUT2D eigenvalue weighted by molar-refractivity contribution is 14.1. The molecule has 1 N–H and O–H groups in total. The maximum atomic E-state index is 12.1. The normalized spacial score (nSPS) is 15.7. The predicted molar refractivity (Wildman–Crippen MR) is 87.0 cm³/mol. The standard InChI is InChI=1S/C14H13IN2O2S/c1-9-11(12(15)20-17-9)16-13(18)19-14(7-8-14)10-5-3-2-4-6-10/h2-6H,7-8H2,1H3,(H,16,18). The van der Waals surface area contributed by atoms with Gasteiger partial charge in [0.1, 0.15) is 8.48 Å². The maximum absolute atomic E-state index is 12.1. The Kier molecular flexibility index (Phi) is 3.68. The fraction of sp³-hybridized carbons (Fsp3) is 0.286. The van der Waals surface area contributed by atoms with Crippen molar-refractivity contribution in [2.24, 2.45) is 0 Å². The van der Waals surface area contributed by atoms with Gasteiger partial charge in [-0.1, -0.05) is 30.3 Å². The number of ether oxygens (including phenoxy) is 1. The number of hydrogen-bond acceptors (Lipinski definition) is 4.